The van der Waals surface area contributed by atoms with Gasteiger partial charge in [-0.15, -0.1) is 0 Å². The van der Waals surface area contributed by atoms with Crippen LogP contribution in [0.1, 0.15) is 28.8 Å². The molecule has 6 nitrogen and oxygen atoms in total. The first-order valence-corrected chi connectivity index (χ1v) is 6.81. The number of hydrogen-bond acceptors (Lipinski definition) is 3. The second-order valence-corrected chi connectivity index (χ2v) is 5.23. The van der Waals surface area contributed by atoms with E-state index in [9.17, 15) is 14.4 Å². The number of rotatable bonds is 4. The monoisotopic (exact) mass is 290 g/mol. The molecule has 1 atom stereocenters. The molecule has 1 unspecified atom stereocenters. The zero-order valence-corrected chi connectivity index (χ0v) is 11.8. The van der Waals surface area contributed by atoms with Gasteiger partial charge in [0.2, 0.25) is 11.8 Å². The van der Waals surface area contributed by atoms with Crippen LogP contribution in [0.2, 0.25) is 0 Å². The van der Waals surface area contributed by atoms with Crippen LogP contribution >= 0.6 is 0 Å². The van der Waals surface area contributed by atoms with E-state index in [2.05, 4.69) is 5.32 Å². The lowest BCUT2D eigenvalue weighted by molar-refractivity contribution is -0.139. The van der Waals surface area contributed by atoms with E-state index in [1.54, 1.807) is 24.1 Å². The highest BCUT2D eigenvalue weighted by atomic mass is 16.4. The Morgan fingerprint density at radius 1 is 1.43 bits per heavy atom. The molecule has 0 aromatic heterocycles. The van der Waals surface area contributed by atoms with Gasteiger partial charge in [-0.1, -0.05) is 12.1 Å². The molecule has 1 aromatic rings. The molecule has 0 aliphatic carbocycles. The smallest absolute Gasteiger partial charge is 0.335 e. The maximum atomic E-state index is 12.0. The van der Waals surface area contributed by atoms with E-state index in [0.717, 1.165) is 5.56 Å². The first kappa shape index (κ1) is 15.0. The van der Waals surface area contributed by atoms with Crippen LogP contribution in [0.3, 0.4) is 0 Å². The average Bonchev–Trinajstić information content (AvgIpc) is 2.48. The number of carboxylic acid groups (broad SMARTS) is 1. The van der Waals surface area contributed by atoms with Crippen molar-refractivity contribution in [3.8, 4) is 0 Å². The van der Waals surface area contributed by atoms with Crippen LogP contribution in [0.25, 0.3) is 0 Å². The van der Waals surface area contributed by atoms with Crippen molar-refractivity contribution < 1.29 is 19.5 Å². The van der Waals surface area contributed by atoms with Gasteiger partial charge in [0.25, 0.3) is 0 Å². The predicted molar refractivity (Wildman–Crippen MR) is 75.6 cm³/mol. The lowest BCUT2D eigenvalue weighted by Gasteiger charge is -2.27. The Kier molecular flexibility index (Phi) is 4.57. The van der Waals surface area contributed by atoms with Crippen molar-refractivity contribution in [2.45, 2.75) is 19.4 Å². The van der Waals surface area contributed by atoms with Crippen LogP contribution < -0.4 is 5.32 Å². The molecule has 1 aliphatic heterocycles. The molecule has 0 spiro atoms. The van der Waals surface area contributed by atoms with E-state index in [0.29, 0.717) is 13.0 Å². The second-order valence-electron chi connectivity index (χ2n) is 5.23. The maximum Gasteiger partial charge on any atom is 0.335 e. The van der Waals surface area contributed by atoms with Crippen molar-refractivity contribution in [3.63, 3.8) is 0 Å². The van der Waals surface area contributed by atoms with Crippen LogP contribution in [-0.4, -0.2) is 41.4 Å². The summed E-state index contributed by atoms with van der Waals surface area (Å²) >= 11 is 0. The molecule has 0 radical (unpaired) electrons. The highest BCUT2D eigenvalue weighted by molar-refractivity contribution is 5.88. The highest BCUT2D eigenvalue weighted by Gasteiger charge is 2.28. The lowest BCUT2D eigenvalue weighted by Crippen LogP contribution is -2.41. The number of carbonyl (C=O) groups excluding carboxylic acids is 2. The van der Waals surface area contributed by atoms with Gasteiger partial charge < -0.3 is 15.3 Å². The summed E-state index contributed by atoms with van der Waals surface area (Å²) in [6.07, 6.45) is 0.890. The minimum atomic E-state index is -0.996. The summed E-state index contributed by atoms with van der Waals surface area (Å²) in [6.45, 7) is 0.853. The molecule has 112 valence electrons. The molecular formula is C15H18N2O4. The largest absolute Gasteiger partial charge is 0.478 e. The van der Waals surface area contributed by atoms with Crippen LogP contribution in [0, 0.1) is 5.92 Å². The summed E-state index contributed by atoms with van der Waals surface area (Å²) in [6, 6.07) is 6.43. The van der Waals surface area contributed by atoms with Gasteiger partial charge >= 0.3 is 5.97 Å². The predicted octanol–water partition coefficient (Wildman–Crippen LogP) is 0.869. The number of nitrogens with zero attached hydrogens (tertiary/aromatic N) is 1. The summed E-state index contributed by atoms with van der Waals surface area (Å²) in [5, 5.41) is 11.7. The maximum absolute atomic E-state index is 12.0. The van der Waals surface area contributed by atoms with Gasteiger partial charge in [-0.2, -0.15) is 0 Å². The van der Waals surface area contributed by atoms with Gasteiger partial charge in [-0.25, -0.2) is 4.79 Å². The second kappa shape index (κ2) is 6.39. The molecule has 2 amide bonds. The van der Waals surface area contributed by atoms with Crippen LogP contribution in [-0.2, 0) is 16.1 Å². The standard InChI is InChI=1S/C15H18N2O4/c1-17-6-5-11(8-13(17)18)14(19)16-9-10-3-2-4-12(7-10)15(20)21/h2-4,7,11H,5-6,8-9H2,1H3,(H,16,19)(H,20,21). The Hall–Kier alpha value is -2.37. The third-order valence-electron chi connectivity index (χ3n) is 3.67. The van der Waals surface area contributed by atoms with Crippen molar-refractivity contribution >= 4 is 17.8 Å². The quantitative estimate of drug-likeness (QED) is 0.861. The first-order valence-electron chi connectivity index (χ1n) is 6.81. The number of piperidine rings is 1. The molecule has 1 aromatic carbocycles. The highest BCUT2D eigenvalue weighted by Crippen LogP contribution is 2.17. The van der Waals surface area contributed by atoms with E-state index in [1.165, 1.54) is 12.1 Å². The number of nitrogens with one attached hydrogen (secondary N) is 1. The van der Waals surface area contributed by atoms with Gasteiger partial charge in [0.05, 0.1) is 5.56 Å². The minimum Gasteiger partial charge on any atom is -0.478 e. The Morgan fingerprint density at radius 3 is 2.86 bits per heavy atom. The van der Waals surface area contributed by atoms with Gasteiger partial charge in [0.15, 0.2) is 0 Å². The van der Waals surface area contributed by atoms with E-state index in [1.807, 2.05) is 0 Å². The van der Waals surface area contributed by atoms with Crippen molar-refractivity contribution in [2.24, 2.45) is 5.92 Å². The van der Waals surface area contributed by atoms with Gasteiger partial charge in [0.1, 0.15) is 0 Å². The average molecular weight is 290 g/mol. The summed E-state index contributed by atoms with van der Waals surface area (Å²) in [5.41, 5.74) is 0.915. The molecule has 0 bridgehead atoms. The molecule has 2 N–H and O–H groups in total. The van der Waals surface area contributed by atoms with Crippen molar-refractivity contribution in [1.29, 1.82) is 0 Å². The van der Waals surface area contributed by atoms with Crippen LogP contribution in [0.15, 0.2) is 24.3 Å². The van der Waals surface area contributed by atoms with Crippen molar-refractivity contribution in [1.82, 2.24) is 10.2 Å². The minimum absolute atomic E-state index is 0.0192. The molecule has 0 saturated carbocycles. The Morgan fingerprint density at radius 2 is 2.19 bits per heavy atom. The van der Waals surface area contributed by atoms with E-state index in [4.69, 9.17) is 5.11 Å². The van der Waals surface area contributed by atoms with Crippen LogP contribution in [0.4, 0.5) is 0 Å². The first-order chi connectivity index (χ1) is 9.97. The fourth-order valence-corrected chi connectivity index (χ4v) is 2.31. The van der Waals surface area contributed by atoms with E-state index >= 15 is 0 Å². The molecular weight excluding hydrogens is 272 g/mol. The number of benzene rings is 1. The Balaban J connectivity index is 1.91. The van der Waals surface area contributed by atoms with Crippen molar-refractivity contribution in [2.75, 3.05) is 13.6 Å². The molecule has 2 rings (SSSR count). The molecule has 1 fully saturated rings. The number of carboxylic acids is 1. The van der Waals surface area contributed by atoms with Gasteiger partial charge in [0, 0.05) is 32.5 Å². The lowest BCUT2D eigenvalue weighted by atomic mass is 9.95. The molecule has 1 saturated heterocycles. The molecule has 6 heteroatoms. The Labute approximate surface area is 122 Å². The summed E-state index contributed by atoms with van der Waals surface area (Å²) < 4.78 is 0. The third-order valence-corrected chi connectivity index (χ3v) is 3.67. The molecule has 21 heavy (non-hydrogen) atoms. The number of amides is 2. The number of aromatic carboxylic acids is 1. The SMILES string of the molecule is CN1CCC(C(=O)NCc2cccc(C(=O)O)c2)CC1=O. The summed E-state index contributed by atoms with van der Waals surface area (Å²) in [5.74, 6) is -1.47. The fraction of sp³-hybridized carbons (Fsp3) is 0.400. The molecule has 1 aliphatic rings. The van der Waals surface area contributed by atoms with Crippen LogP contribution in [0.5, 0.6) is 0 Å². The topological polar surface area (TPSA) is 86.7 Å². The van der Waals surface area contributed by atoms with E-state index in [-0.39, 0.29) is 36.3 Å². The normalized spacial score (nSPS) is 18.4. The molecule has 1 heterocycles. The zero-order valence-electron chi connectivity index (χ0n) is 11.8. The summed E-state index contributed by atoms with van der Waals surface area (Å²) in [7, 11) is 1.73. The Bertz CT molecular complexity index is 571. The van der Waals surface area contributed by atoms with Gasteiger partial charge in [-0.3, -0.25) is 9.59 Å². The number of carbonyl (C=O) groups is 3. The zero-order chi connectivity index (χ0) is 15.4. The fourth-order valence-electron chi connectivity index (χ4n) is 2.31. The third kappa shape index (κ3) is 3.81. The summed E-state index contributed by atoms with van der Waals surface area (Å²) in [4.78, 5) is 36.1. The van der Waals surface area contributed by atoms with E-state index < -0.39 is 5.97 Å². The number of hydrogen-bond donors (Lipinski definition) is 2. The van der Waals surface area contributed by atoms with Gasteiger partial charge in [-0.05, 0) is 24.1 Å². The number of likely N-dealkylation sites (tertiary alicyclic amines) is 1. The van der Waals surface area contributed by atoms with Crippen molar-refractivity contribution in [3.05, 3.63) is 35.4 Å².